The number of para-hydroxylation sites is 2. The molecule has 3 rings (SSSR count). The summed E-state index contributed by atoms with van der Waals surface area (Å²) in [7, 11) is 1.60. The lowest BCUT2D eigenvalue weighted by atomic mass is 10.2. The van der Waals surface area contributed by atoms with Gasteiger partial charge in [-0.15, -0.1) is 0 Å². The van der Waals surface area contributed by atoms with E-state index in [1.165, 1.54) is 0 Å². The number of amides is 1. The first-order valence-corrected chi connectivity index (χ1v) is 8.99. The number of ether oxygens (including phenoxy) is 2. The topological polar surface area (TPSA) is 72.5 Å². The molecule has 6 nitrogen and oxygen atoms in total. The molecule has 1 heterocycles. The van der Waals surface area contributed by atoms with Crippen molar-refractivity contribution in [2.24, 2.45) is 0 Å². The van der Waals surface area contributed by atoms with Crippen LogP contribution in [0.1, 0.15) is 24.3 Å². The van der Waals surface area contributed by atoms with E-state index in [2.05, 4.69) is 15.6 Å². The lowest BCUT2D eigenvalue weighted by Crippen LogP contribution is -2.13. The molecule has 1 aromatic heterocycles. The van der Waals surface area contributed by atoms with Crippen LogP contribution in [0.25, 0.3) is 0 Å². The average molecular weight is 377 g/mol. The largest absolute Gasteiger partial charge is 0.497 e. The molecule has 0 aliphatic heterocycles. The fourth-order valence-electron chi connectivity index (χ4n) is 2.55. The summed E-state index contributed by atoms with van der Waals surface area (Å²) in [6, 6.07) is 18.3. The van der Waals surface area contributed by atoms with E-state index < -0.39 is 0 Å². The summed E-state index contributed by atoms with van der Waals surface area (Å²) in [5, 5.41) is 6.09. The van der Waals surface area contributed by atoms with Gasteiger partial charge in [-0.05, 0) is 62.4 Å². The number of anilines is 3. The van der Waals surface area contributed by atoms with Crippen LogP contribution in [0.4, 0.5) is 17.1 Å². The number of rotatable bonds is 7. The Labute approximate surface area is 164 Å². The highest BCUT2D eigenvalue weighted by Gasteiger charge is 2.09. The van der Waals surface area contributed by atoms with Crippen molar-refractivity contribution in [3.05, 3.63) is 72.6 Å². The van der Waals surface area contributed by atoms with Gasteiger partial charge in [-0.25, -0.2) is 4.98 Å². The number of pyridine rings is 1. The van der Waals surface area contributed by atoms with Gasteiger partial charge in [0.25, 0.3) is 5.91 Å². The third-order valence-corrected chi connectivity index (χ3v) is 3.87. The van der Waals surface area contributed by atoms with Gasteiger partial charge in [-0.3, -0.25) is 4.79 Å². The van der Waals surface area contributed by atoms with Gasteiger partial charge in [0.1, 0.15) is 17.2 Å². The van der Waals surface area contributed by atoms with Gasteiger partial charge < -0.3 is 20.1 Å². The minimum atomic E-state index is -0.278. The van der Waals surface area contributed by atoms with Crippen LogP contribution in [0.5, 0.6) is 11.5 Å². The molecule has 2 aromatic carbocycles. The average Bonchev–Trinajstić information content (AvgIpc) is 2.70. The molecule has 0 atom stereocenters. The molecule has 0 aliphatic carbocycles. The molecular weight excluding hydrogens is 354 g/mol. The zero-order valence-corrected chi connectivity index (χ0v) is 16.1. The van der Waals surface area contributed by atoms with E-state index in [1.807, 2.05) is 44.2 Å². The molecule has 0 aliphatic rings. The third-order valence-electron chi connectivity index (χ3n) is 3.87. The third kappa shape index (κ3) is 5.01. The Morgan fingerprint density at radius 2 is 1.68 bits per heavy atom. The van der Waals surface area contributed by atoms with Crippen LogP contribution in [0.15, 0.2) is 66.9 Å². The fourth-order valence-corrected chi connectivity index (χ4v) is 2.55. The van der Waals surface area contributed by atoms with Gasteiger partial charge in [0.05, 0.1) is 30.8 Å². The number of aromatic nitrogens is 1. The molecule has 0 spiro atoms. The first-order chi connectivity index (χ1) is 13.5. The summed E-state index contributed by atoms with van der Waals surface area (Å²) in [4.78, 5) is 16.6. The normalized spacial score (nSPS) is 10.4. The molecule has 1 amide bonds. The Kier molecular flexibility index (Phi) is 6.11. The molecule has 0 bridgehead atoms. The molecule has 0 radical (unpaired) electrons. The number of nitrogens with zero attached hydrogens (tertiary/aromatic N) is 1. The molecule has 2 N–H and O–H groups in total. The van der Waals surface area contributed by atoms with Crippen molar-refractivity contribution in [3.63, 3.8) is 0 Å². The maximum atomic E-state index is 12.4. The minimum Gasteiger partial charge on any atom is -0.497 e. The van der Waals surface area contributed by atoms with E-state index in [9.17, 15) is 4.79 Å². The van der Waals surface area contributed by atoms with E-state index in [0.29, 0.717) is 11.4 Å². The molecule has 3 aromatic rings. The standard InChI is InChI=1S/C22H23N3O3/c1-15(2)28-21-7-5-4-6-19(21)24-17-10-13-20(23-14-17)22(26)25-16-8-11-18(27-3)12-9-16/h4-15,24H,1-3H3,(H,25,26). The highest BCUT2D eigenvalue weighted by molar-refractivity contribution is 6.03. The fraction of sp³-hybridized carbons (Fsp3) is 0.182. The molecular formula is C22H23N3O3. The Bertz CT molecular complexity index is 923. The number of benzene rings is 2. The van der Waals surface area contributed by atoms with E-state index in [4.69, 9.17) is 9.47 Å². The smallest absolute Gasteiger partial charge is 0.274 e. The zero-order chi connectivity index (χ0) is 19.9. The van der Waals surface area contributed by atoms with Crippen LogP contribution >= 0.6 is 0 Å². The number of nitrogens with one attached hydrogen (secondary N) is 2. The SMILES string of the molecule is COc1ccc(NC(=O)c2ccc(Nc3ccccc3OC(C)C)cn2)cc1. The molecule has 144 valence electrons. The second-order valence-electron chi connectivity index (χ2n) is 6.40. The Morgan fingerprint density at radius 1 is 0.964 bits per heavy atom. The lowest BCUT2D eigenvalue weighted by Gasteiger charge is -2.15. The molecule has 6 heteroatoms. The van der Waals surface area contributed by atoms with Crippen molar-refractivity contribution in [1.29, 1.82) is 0 Å². The van der Waals surface area contributed by atoms with Crippen LogP contribution in [0.3, 0.4) is 0 Å². The predicted molar refractivity (Wildman–Crippen MR) is 111 cm³/mol. The van der Waals surface area contributed by atoms with Gasteiger partial charge in [-0.2, -0.15) is 0 Å². The van der Waals surface area contributed by atoms with Crippen molar-refractivity contribution in [2.75, 3.05) is 17.7 Å². The van der Waals surface area contributed by atoms with Gasteiger partial charge in [0, 0.05) is 5.69 Å². The quantitative estimate of drug-likeness (QED) is 0.614. The number of carbonyl (C=O) groups excluding carboxylic acids is 1. The highest BCUT2D eigenvalue weighted by atomic mass is 16.5. The lowest BCUT2D eigenvalue weighted by molar-refractivity contribution is 0.102. The maximum absolute atomic E-state index is 12.4. The summed E-state index contributed by atoms with van der Waals surface area (Å²) < 4.78 is 10.9. The van der Waals surface area contributed by atoms with Crippen LogP contribution in [-0.2, 0) is 0 Å². The van der Waals surface area contributed by atoms with Crippen molar-refractivity contribution >= 4 is 23.0 Å². The van der Waals surface area contributed by atoms with Crippen LogP contribution < -0.4 is 20.1 Å². The van der Waals surface area contributed by atoms with Crippen molar-refractivity contribution in [3.8, 4) is 11.5 Å². The van der Waals surface area contributed by atoms with Crippen LogP contribution in [0, 0.1) is 0 Å². The summed E-state index contributed by atoms with van der Waals surface area (Å²) in [6.07, 6.45) is 1.69. The summed E-state index contributed by atoms with van der Waals surface area (Å²) in [6.45, 7) is 3.96. The molecule has 0 saturated carbocycles. The summed E-state index contributed by atoms with van der Waals surface area (Å²) in [5.74, 6) is 1.22. The van der Waals surface area contributed by atoms with Crippen LogP contribution in [-0.4, -0.2) is 24.1 Å². The Balaban J connectivity index is 1.67. The van der Waals surface area contributed by atoms with Crippen molar-refractivity contribution in [2.45, 2.75) is 20.0 Å². The Morgan fingerprint density at radius 3 is 2.32 bits per heavy atom. The minimum absolute atomic E-state index is 0.0742. The highest BCUT2D eigenvalue weighted by Crippen LogP contribution is 2.28. The number of carbonyl (C=O) groups is 1. The van der Waals surface area contributed by atoms with E-state index in [-0.39, 0.29) is 12.0 Å². The molecule has 0 saturated heterocycles. The van der Waals surface area contributed by atoms with Gasteiger partial charge in [0.15, 0.2) is 0 Å². The summed E-state index contributed by atoms with van der Waals surface area (Å²) >= 11 is 0. The number of hydrogen-bond acceptors (Lipinski definition) is 5. The number of methoxy groups -OCH3 is 1. The van der Waals surface area contributed by atoms with Gasteiger partial charge in [0.2, 0.25) is 0 Å². The summed E-state index contributed by atoms with van der Waals surface area (Å²) in [5.41, 5.74) is 2.61. The Hall–Kier alpha value is -3.54. The first kappa shape index (κ1) is 19.2. The van der Waals surface area contributed by atoms with Crippen molar-refractivity contribution in [1.82, 2.24) is 4.98 Å². The van der Waals surface area contributed by atoms with Gasteiger partial charge >= 0.3 is 0 Å². The predicted octanol–water partition coefficient (Wildman–Crippen LogP) is 4.87. The number of hydrogen-bond donors (Lipinski definition) is 2. The molecule has 0 fully saturated rings. The van der Waals surface area contributed by atoms with Crippen LogP contribution in [0.2, 0.25) is 0 Å². The second kappa shape index (κ2) is 8.90. The van der Waals surface area contributed by atoms with E-state index in [0.717, 1.165) is 22.9 Å². The second-order valence-corrected chi connectivity index (χ2v) is 6.40. The maximum Gasteiger partial charge on any atom is 0.274 e. The van der Waals surface area contributed by atoms with Gasteiger partial charge in [-0.1, -0.05) is 12.1 Å². The van der Waals surface area contributed by atoms with E-state index in [1.54, 1.807) is 43.6 Å². The monoisotopic (exact) mass is 377 g/mol. The van der Waals surface area contributed by atoms with Crippen molar-refractivity contribution < 1.29 is 14.3 Å². The zero-order valence-electron chi connectivity index (χ0n) is 16.1. The van der Waals surface area contributed by atoms with E-state index >= 15 is 0 Å². The first-order valence-electron chi connectivity index (χ1n) is 8.99. The molecule has 28 heavy (non-hydrogen) atoms. The molecule has 0 unspecified atom stereocenters.